The molecule has 0 bridgehead atoms. The van der Waals surface area contributed by atoms with Crippen molar-refractivity contribution in [3.63, 3.8) is 0 Å². The number of benzene rings is 2. The third-order valence-corrected chi connectivity index (χ3v) is 3.45. The summed E-state index contributed by atoms with van der Waals surface area (Å²) in [6.07, 6.45) is 0. The second-order valence-electron chi connectivity index (χ2n) is 4.16. The van der Waals surface area contributed by atoms with Crippen molar-refractivity contribution in [1.82, 2.24) is 0 Å². The molecule has 0 radical (unpaired) electrons. The van der Waals surface area contributed by atoms with Gasteiger partial charge >= 0.3 is 0 Å². The summed E-state index contributed by atoms with van der Waals surface area (Å²) in [7, 11) is 0. The number of non-ortho nitro benzene ring substituents is 2. The van der Waals surface area contributed by atoms with Crippen molar-refractivity contribution >= 4 is 54.6 Å². The fourth-order valence-corrected chi connectivity index (χ4v) is 2.61. The predicted molar refractivity (Wildman–Crippen MR) is 88.8 cm³/mol. The zero-order valence-electron chi connectivity index (χ0n) is 10.7. The van der Waals surface area contributed by atoms with Gasteiger partial charge in [-0.05, 0) is 12.1 Å². The first-order chi connectivity index (χ1) is 10.3. The highest BCUT2D eigenvalue weighted by molar-refractivity contribution is 9.10. The Morgan fingerprint density at radius 3 is 1.41 bits per heavy atom. The Morgan fingerprint density at radius 2 is 1.09 bits per heavy atom. The van der Waals surface area contributed by atoms with Crippen LogP contribution in [0.25, 0.3) is 0 Å². The fourth-order valence-electron chi connectivity index (χ4n) is 1.65. The van der Waals surface area contributed by atoms with Crippen molar-refractivity contribution in [2.45, 2.75) is 0 Å². The molecule has 22 heavy (non-hydrogen) atoms. The van der Waals surface area contributed by atoms with Crippen LogP contribution in [0.2, 0.25) is 0 Å². The maximum absolute atomic E-state index is 10.8. The average molecular weight is 432 g/mol. The van der Waals surface area contributed by atoms with E-state index in [1.54, 1.807) is 12.1 Å². The number of nitrogens with zero attached hydrogens (tertiary/aromatic N) is 2. The van der Waals surface area contributed by atoms with Crippen molar-refractivity contribution < 1.29 is 9.85 Å². The Balaban J connectivity index is 2.20. The van der Waals surface area contributed by atoms with E-state index in [0.29, 0.717) is 20.3 Å². The van der Waals surface area contributed by atoms with Gasteiger partial charge in [-0.1, -0.05) is 31.9 Å². The van der Waals surface area contributed by atoms with E-state index >= 15 is 0 Å². The van der Waals surface area contributed by atoms with Crippen molar-refractivity contribution in [2.24, 2.45) is 0 Å². The normalized spacial score (nSPS) is 10.1. The van der Waals surface area contributed by atoms with Gasteiger partial charge in [-0.25, -0.2) is 0 Å². The first-order valence-electron chi connectivity index (χ1n) is 5.77. The Bertz CT molecular complexity index is 690. The number of hydrogen-bond acceptors (Lipinski definition) is 6. The number of hydrogen-bond donors (Lipinski definition) is 2. The van der Waals surface area contributed by atoms with Crippen LogP contribution in [0.5, 0.6) is 0 Å². The van der Waals surface area contributed by atoms with E-state index in [4.69, 9.17) is 0 Å². The third kappa shape index (κ3) is 4.15. The van der Waals surface area contributed by atoms with Crippen LogP contribution in [0.1, 0.15) is 0 Å². The number of anilines is 2. The standard InChI is InChI=1S/C12H8Br2N4O4/c13-7-1-9(5-11(3-7)17(19)20)15-16-10-2-8(14)4-12(6-10)18(21)22/h1-6,15-16H. The quantitative estimate of drug-likeness (QED) is 0.533. The summed E-state index contributed by atoms with van der Waals surface area (Å²) in [5.74, 6) is 0. The van der Waals surface area contributed by atoms with Crippen LogP contribution in [0, 0.1) is 20.2 Å². The van der Waals surface area contributed by atoms with Gasteiger partial charge in [0.1, 0.15) is 0 Å². The maximum atomic E-state index is 10.8. The minimum Gasteiger partial charge on any atom is -0.301 e. The molecule has 2 aromatic rings. The van der Waals surface area contributed by atoms with Gasteiger partial charge in [0.25, 0.3) is 11.4 Å². The topological polar surface area (TPSA) is 110 Å². The molecular formula is C12H8Br2N4O4. The maximum Gasteiger partial charge on any atom is 0.272 e. The van der Waals surface area contributed by atoms with Gasteiger partial charge in [-0.3, -0.25) is 20.2 Å². The third-order valence-electron chi connectivity index (χ3n) is 2.54. The SMILES string of the molecule is O=[N+]([O-])c1cc(Br)cc(NNc2cc(Br)cc([N+](=O)[O-])c2)c1. The molecule has 0 aliphatic rings. The summed E-state index contributed by atoms with van der Waals surface area (Å²) in [6.45, 7) is 0. The predicted octanol–water partition coefficient (Wildman–Crippen LogP) is 4.47. The lowest BCUT2D eigenvalue weighted by Crippen LogP contribution is -2.09. The monoisotopic (exact) mass is 430 g/mol. The Kier molecular flexibility index (Phi) is 4.93. The van der Waals surface area contributed by atoms with E-state index < -0.39 is 9.85 Å². The number of rotatable bonds is 5. The molecule has 2 N–H and O–H groups in total. The van der Waals surface area contributed by atoms with Gasteiger partial charge in [-0.15, -0.1) is 0 Å². The van der Waals surface area contributed by atoms with Crippen molar-refractivity contribution in [2.75, 3.05) is 10.9 Å². The van der Waals surface area contributed by atoms with Gasteiger partial charge in [-0.2, -0.15) is 0 Å². The highest BCUT2D eigenvalue weighted by atomic mass is 79.9. The first-order valence-corrected chi connectivity index (χ1v) is 7.36. The Labute approximate surface area is 141 Å². The summed E-state index contributed by atoms with van der Waals surface area (Å²) in [5, 5.41) is 21.6. The van der Waals surface area contributed by atoms with Crippen LogP contribution < -0.4 is 10.9 Å². The van der Waals surface area contributed by atoms with E-state index in [0.717, 1.165) is 0 Å². The van der Waals surface area contributed by atoms with Crippen molar-refractivity contribution in [3.8, 4) is 0 Å². The number of nitrogens with one attached hydrogen (secondary N) is 2. The van der Waals surface area contributed by atoms with E-state index in [1.165, 1.54) is 24.3 Å². The summed E-state index contributed by atoms with van der Waals surface area (Å²) in [5.41, 5.74) is 6.22. The molecule has 0 saturated heterocycles. The molecule has 8 nitrogen and oxygen atoms in total. The molecule has 10 heteroatoms. The minimum atomic E-state index is -0.514. The van der Waals surface area contributed by atoms with E-state index in [1.807, 2.05) is 0 Å². The highest BCUT2D eigenvalue weighted by Gasteiger charge is 2.10. The molecular weight excluding hydrogens is 424 g/mol. The first kappa shape index (κ1) is 16.2. The Hall–Kier alpha value is -2.20. The van der Waals surface area contributed by atoms with Gasteiger partial charge < -0.3 is 10.9 Å². The van der Waals surface area contributed by atoms with Crippen LogP contribution in [-0.2, 0) is 0 Å². The molecule has 0 atom stereocenters. The molecule has 0 amide bonds. The van der Waals surface area contributed by atoms with Crippen LogP contribution in [0.3, 0.4) is 0 Å². The second-order valence-corrected chi connectivity index (χ2v) is 5.99. The highest BCUT2D eigenvalue weighted by Crippen LogP contribution is 2.27. The number of nitro benzene ring substituents is 2. The Morgan fingerprint density at radius 1 is 0.727 bits per heavy atom. The zero-order chi connectivity index (χ0) is 16.3. The van der Waals surface area contributed by atoms with E-state index in [9.17, 15) is 20.2 Å². The van der Waals surface area contributed by atoms with Crippen molar-refractivity contribution in [3.05, 3.63) is 65.6 Å². The summed E-state index contributed by atoms with van der Waals surface area (Å²) in [4.78, 5) is 20.6. The molecule has 114 valence electrons. The molecule has 0 fully saturated rings. The molecule has 0 aliphatic heterocycles. The summed E-state index contributed by atoms with van der Waals surface area (Å²) >= 11 is 6.36. The molecule has 0 heterocycles. The van der Waals surface area contributed by atoms with Crippen LogP contribution in [-0.4, -0.2) is 9.85 Å². The molecule has 2 aromatic carbocycles. The fraction of sp³-hybridized carbons (Fsp3) is 0. The molecule has 0 spiro atoms. The average Bonchev–Trinajstić information content (AvgIpc) is 2.44. The minimum absolute atomic E-state index is 0.0844. The number of nitro groups is 2. The van der Waals surface area contributed by atoms with Crippen LogP contribution >= 0.6 is 31.9 Å². The summed E-state index contributed by atoms with van der Waals surface area (Å²) in [6, 6.07) is 8.68. The lowest BCUT2D eigenvalue weighted by atomic mass is 10.3. The van der Waals surface area contributed by atoms with Gasteiger partial charge in [0.05, 0.1) is 21.2 Å². The second kappa shape index (κ2) is 6.71. The lowest BCUT2D eigenvalue weighted by molar-refractivity contribution is -0.385. The molecule has 0 unspecified atom stereocenters. The van der Waals surface area contributed by atoms with Crippen LogP contribution in [0.4, 0.5) is 22.7 Å². The zero-order valence-corrected chi connectivity index (χ0v) is 13.9. The number of halogens is 2. The van der Waals surface area contributed by atoms with E-state index in [2.05, 4.69) is 42.7 Å². The van der Waals surface area contributed by atoms with E-state index in [-0.39, 0.29) is 11.4 Å². The molecule has 2 rings (SSSR count). The molecule has 0 aliphatic carbocycles. The smallest absolute Gasteiger partial charge is 0.272 e. The largest absolute Gasteiger partial charge is 0.301 e. The molecule has 0 aromatic heterocycles. The van der Waals surface area contributed by atoms with Gasteiger partial charge in [0, 0.05) is 33.2 Å². The molecule has 0 saturated carbocycles. The van der Waals surface area contributed by atoms with Gasteiger partial charge in [0.2, 0.25) is 0 Å². The van der Waals surface area contributed by atoms with Crippen molar-refractivity contribution in [1.29, 1.82) is 0 Å². The van der Waals surface area contributed by atoms with Gasteiger partial charge in [0.15, 0.2) is 0 Å². The number of hydrazine groups is 1. The lowest BCUT2D eigenvalue weighted by Gasteiger charge is -2.10. The summed E-state index contributed by atoms with van der Waals surface area (Å²) < 4.78 is 1.07. The van der Waals surface area contributed by atoms with Crippen LogP contribution in [0.15, 0.2) is 45.3 Å².